The van der Waals surface area contributed by atoms with Crippen LogP contribution in [0, 0.1) is 11.3 Å². The summed E-state index contributed by atoms with van der Waals surface area (Å²) in [6, 6.07) is 13.3. The van der Waals surface area contributed by atoms with Crippen LogP contribution in [0.4, 0.5) is 4.79 Å². The average molecular weight is 437 g/mol. The summed E-state index contributed by atoms with van der Waals surface area (Å²) in [7, 11) is 3.05. The molecular formula is C22H19N3O5S. The van der Waals surface area contributed by atoms with Crippen LogP contribution in [-0.4, -0.2) is 49.3 Å². The van der Waals surface area contributed by atoms with Gasteiger partial charge in [0.1, 0.15) is 0 Å². The topological polar surface area (TPSA) is 109 Å². The van der Waals surface area contributed by atoms with E-state index in [1.165, 1.54) is 14.2 Å². The number of nitrogens with zero attached hydrogens (tertiary/aromatic N) is 2. The van der Waals surface area contributed by atoms with Gasteiger partial charge >= 0.3 is 0 Å². The van der Waals surface area contributed by atoms with Gasteiger partial charge in [-0.05, 0) is 59.8 Å². The zero-order valence-corrected chi connectivity index (χ0v) is 17.7. The molecule has 0 aliphatic carbocycles. The molecule has 1 fully saturated rings. The van der Waals surface area contributed by atoms with Crippen LogP contribution in [0.2, 0.25) is 0 Å². The molecule has 0 unspecified atom stereocenters. The number of carbonyl (C=O) groups excluding carboxylic acids is 3. The quantitative estimate of drug-likeness (QED) is 0.663. The van der Waals surface area contributed by atoms with Gasteiger partial charge in [0.05, 0.1) is 30.8 Å². The number of rotatable bonds is 7. The maximum Gasteiger partial charge on any atom is 0.293 e. The number of amides is 3. The van der Waals surface area contributed by atoms with Gasteiger partial charge in [-0.15, -0.1) is 0 Å². The number of nitriles is 1. The second-order valence-corrected chi connectivity index (χ2v) is 7.39. The van der Waals surface area contributed by atoms with Gasteiger partial charge in [-0.2, -0.15) is 5.26 Å². The van der Waals surface area contributed by atoms with E-state index < -0.39 is 11.1 Å². The van der Waals surface area contributed by atoms with Crippen molar-refractivity contribution in [1.29, 1.82) is 5.26 Å². The Kier molecular flexibility index (Phi) is 6.95. The Morgan fingerprint density at radius 1 is 1.13 bits per heavy atom. The number of methoxy groups -OCH3 is 2. The Balaban J connectivity index is 1.61. The van der Waals surface area contributed by atoms with Crippen molar-refractivity contribution >= 4 is 34.9 Å². The minimum Gasteiger partial charge on any atom is -0.493 e. The fourth-order valence-corrected chi connectivity index (χ4v) is 3.73. The molecule has 1 heterocycles. The predicted octanol–water partition coefficient (Wildman–Crippen LogP) is 3.04. The summed E-state index contributed by atoms with van der Waals surface area (Å²) >= 11 is 0.842. The van der Waals surface area contributed by atoms with Crippen molar-refractivity contribution in [1.82, 2.24) is 10.2 Å². The summed E-state index contributed by atoms with van der Waals surface area (Å²) in [5.74, 6) is 0.307. The minimum absolute atomic E-state index is 0.0515. The first kappa shape index (κ1) is 21.9. The van der Waals surface area contributed by atoms with Crippen LogP contribution in [0.3, 0.4) is 0 Å². The molecule has 8 nitrogen and oxygen atoms in total. The molecule has 3 amide bonds. The van der Waals surface area contributed by atoms with Crippen molar-refractivity contribution in [2.45, 2.75) is 0 Å². The summed E-state index contributed by atoms with van der Waals surface area (Å²) in [6.07, 6.45) is 1.61. The monoisotopic (exact) mass is 437 g/mol. The maximum absolute atomic E-state index is 12.6. The molecule has 0 saturated carbocycles. The smallest absolute Gasteiger partial charge is 0.293 e. The van der Waals surface area contributed by atoms with Crippen LogP contribution in [0.5, 0.6) is 11.5 Å². The number of thioether (sulfide) groups is 1. The lowest BCUT2D eigenvalue weighted by Gasteiger charge is -2.13. The second-order valence-electron chi connectivity index (χ2n) is 6.39. The summed E-state index contributed by atoms with van der Waals surface area (Å²) in [4.78, 5) is 38.5. The lowest BCUT2D eigenvalue weighted by atomic mass is 10.1. The first-order valence-electron chi connectivity index (χ1n) is 9.22. The highest BCUT2D eigenvalue weighted by Gasteiger charge is 2.34. The first-order chi connectivity index (χ1) is 15.0. The number of imide groups is 1. The van der Waals surface area contributed by atoms with E-state index in [4.69, 9.17) is 14.7 Å². The van der Waals surface area contributed by atoms with Crippen LogP contribution in [0.1, 0.15) is 21.5 Å². The van der Waals surface area contributed by atoms with Crippen molar-refractivity contribution in [3.63, 3.8) is 0 Å². The van der Waals surface area contributed by atoms with Crippen molar-refractivity contribution < 1.29 is 23.9 Å². The highest BCUT2D eigenvalue weighted by atomic mass is 32.2. The minimum atomic E-state index is -0.419. The Morgan fingerprint density at radius 2 is 1.84 bits per heavy atom. The largest absolute Gasteiger partial charge is 0.493 e. The van der Waals surface area contributed by atoms with Crippen LogP contribution in [0.15, 0.2) is 47.4 Å². The van der Waals surface area contributed by atoms with Gasteiger partial charge in [0.15, 0.2) is 11.5 Å². The molecule has 158 valence electrons. The average Bonchev–Trinajstić information content (AvgIpc) is 3.06. The maximum atomic E-state index is 12.6. The van der Waals surface area contributed by atoms with Gasteiger partial charge in [-0.25, -0.2) is 0 Å². The molecule has 0 spiro atoms. The Hall–Kier alpha value is -3.77. The molecule has 0 radical (unpaired) electrons. The van der Waals surface area contributed by atoms with E-state index in [0.29, 0.717) is 28.2 Å². The molecule has 9 heteroatoms. The highest BCUT2D eigenvalue weighted by molar-refractivity contribution is 8.18. The molecule has 0 aromatic heterocycles. The normalized spacial score (nSPS) is 14.5. The fraction of sp³-hybridized carbons (Fsp3) is 0.182. The lowest BCUT2D eigenvalue weighted by Crippen LogP contribution is -2.37. The second kappa shape index (κ2) is 9.82. The third-order valence-corrected chi connectivity index (χ3v) is 5.38. The summed E-state index contributed by atoms with van der Waals surface area (Å²) in [5.41, 5.74) is 1.54. The molecule has 2 aromatic rings. The van der Waals surface area contributed by atoms with E-state index >= 15 is 0 Å². The third kappa shape index (κ3) is 5.05. The molecule has 0 atom stereocenters. The van der Waals surface area contributed by atoms with Gasteiger partial charge in [0.25, 0.3) is 17.1 Å². The van der Waals surface area contributed by atoms with Crippen LogP contribution < -0.4 is 14.8 Å². The van der Waals surface area contributed by atoms with E-state index in [2.05, 4.69) is 5.32 Å². The highest BCUT2D eigenvalue weighted by Crippen LogP contribution is 2.34. The summed E-state index contributed by atoms with van der Waals surface area (Å²) in [5, 5.41) is 11.1. The molecule has 1 aliphatic rings. The molecule has 0 bridgehead atoms. The van der Waals surface area contributed by atoms with E-state index in [1.807, 2.05) is 6.07 Å². The van der Waals surface area contributed by atoms with E-state index in [-0.39, 0.29) is 23.9 Å². The van der Waals surface area contributed by atoms with E-state index in [0.717, 1.165) is 16.7 Å². The van der Waals surface area contributed by atoms with Gasteiger partial charge in [-0.1, -0.05) is 6.07 Å². The number of carbonyl (C=O) groups is 3. The van der Waals surface area contributed by atoms with Gasteiger partial charge in [0, 0.05) is 18.7 Å². The van der Waals surface area contributed by atoms with Gasteiger partial charge < -0.3 is 14.8 Å². The molecular weight excluding hydrogens is 418 g/mol. The summed E-state index contributed by atoms with van der Waals surface area (Å²) in [6.45, 7) is 0.163. The number of benzene rings is 2. The molecule has 1 saturated heterocycles. The number of hydrogen-bond donors (Lipinski definition) is 1. The SMILES string of the molecule is COc1ccc(/C=C2\SC(=O)N(CCNC(=O)c3ccc(C#N)cc3)C2=O)cc1OC. The van der Waals surface area contributed by atoms with E-state index in [9.17, 15) is 14.4 Å². The van der Waals surface area contributed by atoms with Crippen molar-refractivity contribution in [2.24, 2.45) is 0 Å². The Labute approximate surface area is 183 Å². The van der Waals surface area contributed by atoms with Crippen molar-refractivity contribution in [3.8, 4) is 17.6 Å². The standard InChI is InChI=1S/C22H19N3O5S/c1-29-17-8-5-15(11-18(17)30-2)12-19-21(27)25(22(28)31-19)10-9-24-20(26)16-6-3-14(13-23)4-7-16/h3-8,11-12H,9-10H2,1-2H3,(H,24,26)/b19-12-. The zero-order chi connectivity index (χ0) is 22.4. The number of ether oxygens (including phenoxy) is 2. The van der Waals surface area contributed by atoms with Crippen LogP contribution in [0.25, 0.3) is 6.08 Å². The number of nitrogens with one attached hydrogen (secondary N) is 1. The summed E-state index contributed by atoms with van der Waals surface area (Å²) < 4.78 is 10.5. The number of hydrogen-bond acceptors (Lipinski definition) is 7. The van der Waals surface area contributed by atoms with Crippen molar-refractivity contribution in [3.05, 3.63) is 64.1 Å². The molecule has 1 N–H and O–H groups in total. The molecule has 3 rings (SSSR count). The predicted molar refractivity (Wildman–Crippen MR) is 116 cm³/mol. The Morgan fingerprint density at radius 3 is 2.48 bits per heavy atom. The molecule has 1 aliphatic heterocycles. The third-order valence-electron chi connectivity index (χ3n) is 4.48. The Bertz CT molecular complexity index is 1090. The van der Waals surface area contributed by atoms with Crippen molar-refractivity contribution in [2.75, 3.05) is 27.3 Å². The first-order valence-corrected chi connectivity index (χ1v) is 10.0. The van der Waals surface area contributed by atoms with Gasteiger partial charge in [-0.3, -0.25) is 19.3 Å². The lowest BCUT2D eigenvalue weighted by molar-refractivity contribution is -0.122. The van der Waals surface area contributed by atoms with Crippen LogP contribution >= 0.6 is 11.8 Å². The zero-order valence-electron chi connectivity index (χ0n) is 16.9. The van der Waals surface area contributed by atoms with Crippen LogP contribution in [-0.2, 0) is 4.79 Å². The molecule has 31 heavy (non-hydrogen) atoms. The van der Waals surface area contributed by atoms with E-state index in [1.54, 1.807) is 48.5 Å². The molecule has 2 aromatic carbocycles. The van der Waals surface area contributed by atoms with Gasteiger partial charge in [0.2, 0.25) is 0 Å². The fourth-order valence-electron chi connectivity index (χ4n) is 2.87.